The fourth-order valence-corrected chi connectivity index (χ4v) is 2.31. The highest BCUT2D eigenvalue weighted by Gasteiger charge is 2.09. The number of furan rings is 1. The molecule has 6 nitrogen and oxygen atoms in total. The summed E-state index contributed by atoms with van der Waals surface area (Å²) < 4.78 is 5.08. The maximum absolute atomic E-state index is 12.3. The van der Waals surface area contributed by atoms with Gasteiger partial charge in [-0.2, -0.15) is 5.10 Å². The number of benzene rings is 2. The Kier molecular flexibility index (Phi) is 5.24. The van der Waals surface area contributed by atoms with E-state index in [1.807, 2.05) is 25.1 Å². The van der Waals surface area contributed by atoms with E-state index < -0.39 is 0 Å². The van der Waals surface area contributed by atoms with E-state index in [-0.39, 0.29) is 11.8 Å². The van der Waals surface area contributed by atoms with E-state index in [9.17, 15) is 9.59 Å². The monoisotopic (exact) mass is 347 g/mol. The highest BCUT2D eigenvalue weighted by Crippen LogP contribution is 2.13. The number of carbonyl (C=O) groups is 2. The van der Waals surface area contributed by atoms with Gasteiger partial charge in [-0.05, 0) is 55.0 Å². The summed E-state index contributed by atoms with van der Waals surface area (Å²) in [5.74, 6) is -0.00694. The standard InChI is InChI=1S/C20H17N3O3/c1-14-5-2-3-7-18(14)20(25)22-16-10-8-15(9-11-16)19(24)23-21-13-17-6-4-12-26-17/h2-13H,1H3,(H,22,25)(H,23,24). The van der Waals surface area contributed by atoms with Crippen molar-refractivity contribution in [3.05, 3.63) is 89.4 Å². The van der Waals surface area contributed by atoms with Gasteiger partial charge in [-0.3, -0.25) is 9.59 Å². The summed E-state index contributed by atoms with van der Waals surface area (Å²) in [6, 6.07) is 17.4. The molecule has 3 rings (SSSR count). The number of anilines is 1. The number of hydrazone groups is 1. The van der Waals surface area contributed by atoms with Gasteiger partial charge in [-0.25, -0.2) is 5.43 Å². The van der Waals surface area contributed by atoms with Crippen LogP contribution in [0.5, 0.6) is 0 Å². The van der Waals surface area contributed by atoms with Crippen molar-refractivity contribution in [1.29, 1.82) is 0 Å². The van der Waals surface area contributed by atoms with Crippen LogP contribution in [-0.4, -0.2) is 18.0 Å². The molecule has 6 heteroatoms. The van der Waals surface area contributed by atoms with Gasteiger partial charge < -0.3 is 9.73 Å². The molecule has 0 saturated heterocycles. The Balaban J connectivity index is 1.60. The SMILES string of the molecule is Cc1ccccc1C(=O)Nc1ccc(C(=O)NN=Cc2ccco2)cc1. The summed E-state index contributed by atoms with van der Waals surface area (Å²) >= 11 is 0. The van der Waals surface area contributed by atoms with Crippen LogP contribution in [0.1, 0.15) is 32.0 Å². The van der Waals surface area contributed by atoms with Crippen LogP contribution in [-0.2, 0) is 0 Å². The first-order valence-corrected chi connectivity index (χ1v) is 7.97. The minimum absolute atomic E-state index is 0.191. The molecule has 26 heavy (non-hydrogen) atoms. The average molecular weight is 347 g/mol. The Labute approximate surface area is 150 Å². The number of hydrogen-bond acceptors (Lipinski definition) is 4. The van der Waals surface area contributed by atoms with Gasteiger partial charge >= 0.3 is 0 Å². The van der Waals surface area contributed by atoms with Gasteiger partial charge in [0.1, 0.15) is 5.76 Å². The zero-order valence-corrected chi connectivity index (χ0v) is 14.1. The van der Waals surface area contributed by atoms with E-state index >= 15 is 0 Å². The molecule has 0 atom stereocenters. The van der Waals surface area contributed by atoms with Crippen molar-refractivity contribution in [2.45, 2.75) is 6.92 Å². The summed E-state index contributed by atoms with van der Waals surface area (Å²) in [7, 11) is 0. The Morgan fingerprint density at radius 3 is 2.42 bits per heavy atom. The molecule has 3 aromatic rings. The predicted octanol–water partition coefficient (Wildman–Crippen LogP) is 3.60. The molecule has 2 N–H and O–H groups in total. The molecule has 130 valence electrons. The summed E-state index contributed by atoms with van der Waals surface area (Å²) in [6.07, 6.45) is 2.93. The van der Waals surface area contributed by atoms with E-state index in [0.29, 0.717) is 22.6 Å². The fraction of sp³-hybridized carbons (Fsp3) is 0.0500. The summed E-state index contributed by atoms with van der Waals surface area (Å²) in [6.45, 7) is 1.88. The molecule has 0 aliphatic rings. The third-order valence-electron chi connectivity index (χ3n) is 3.70. The highest BCUT2D eigenvalue weighted by atomic mass is 16.3. The van der Waals surface area contributed by atoms with Crippen molar-refractivity contribution in [2.24, 2.45) is 5.10 Å². The van der Waals surface area contributed by atoms with E-state index in [4.69, 9.17) is 4.42 Å². The summed E-state index contributed by atoms with van der Waals surface area (Å²) in [5.41, 5.74) is 4.96. The number of aryl methyl sites for hydroxylation is 1. The second-order valence-electron chi connectivity index (χ2n) is 5.56. The maximum Gasteiger partial charge on any atom is 0.271 e. The molecular formula is C20H17N3O3. The first-order chi connectivity index (χ1) is 12.6. The van der Waals surface area contributed by atoms with Crippen LogP contribution < -0.4 is 10.7 Å². The van der Waals surface area contributed by atoms with Gasteiger partial charge in [0, 0.05) is 16.8 Å². The zero-order valence-electron chi connectivity index (χ0n) is 14.1. The second kappa shape index (κ2) is 7.94. The van der Waals surface area contributed by atoms with Crippen LogP contribution in [0.2, 0.25) is 0 Å². The average Bonchev–Trinajstić information content (AvgIpc) is 3.16. The molecule has 1 heterocycles. The number of amides is 2. The summed E-state index contributed by atoms with van der Waals surface area (Å²) in [4.78, 5) is 24.3. The number of nitrogens with one attached hydrogen (secondary N) is 2. The van der Waals surface area contributed by atoms with Crippen molar-refractivity contribution in [2.75, 3.05) is 5.32 Å². The van der Waals surface area contributed by atoms with Crippen molar-refractivity contribution in [3.63, 3.8) is 0 Å². The van der Waals surface area contributed by atoms with Crippen LogP contribution >= 0.6 is 0 Å². The van der Waals surface area contributed by atoms with Crippen molar-refractivity contribution >= 4 is 23.7 Å². The maximum atomic E-state index is 12.3. The van der Waals surface area contributed by atoms with E-state index in [1.54, 1.807) is 42.5 Å². The smallest absolute Gasteiger partial charge is 0.271 e. The number of carbonyl (C=O) groups excluding carboxylic acids is 2. The molecule has 0 aliphatic carbocycles. The Morgan fingerprint density at radius 1 is 0.962 bits per heavy atom. The lowest BCUT2D eigenvalue weighted by atomic mass is 10.1. The molecule has 0 saturated carbocycles. The molecule has 1 aromatic heterocycles. The number of hydrogen-bond donors (Lipinski definition) is 2. The number of nitrogens with zero attached hydrogens (tertiary/aromatic N) is 1. The van der Waals surface area contributed by atoms with Crippen molar-refractivity contribution in [3.8, 4) is 0 Å². The van der Waals surface area contributed by atoms with Gasteiger partial charge in [0.2, 0.25) is 0 Å². The van der Waals surface area contributed by atoms with Crippen molar-refractivity contribution < 1.29 is 14.0 Å². The highest BCUT2D eigenvalue weighted by molar-refractivity contribution is 6.05. The van der Waals surface area contributed by atoms with E-state index in [2.05, 4.69) is 15.8 Å². The van der Waals surface area contributed by atoms with Crippen LogP contribution in [0.15, 0.2) is 76.4 Å². The molecule has 0 radical (unpaired) electrons. The summed E-state index contributed by atoms with van der Waals surface area (Å²) in [5, 5.41) is 6.64. The molecule has 2 aromatic carbocycles. The molecular weight excluding hydrogens is 330 g/mol. The molecule has 0 fully saturated rings. The molecule has 0 spiro atoms. The Morgan fingerprint density at radius 2 is 1.73 bits per heavy atom. The lowest BCUT2D eigenvalue weighted by Gasteiger charge is -2.08. The molecule has 0 bridgehead atoms. The first kappa shape index (κ1) is 17.2. The molecule has 0 aliphatic heterocycles. The molecule has 0 unspecified atom stereocenters. The normalized spacial score (nSPS) is 10.7. The van der Waals surface area contributed by atoms with Crippen LogP contribution in [0.4, 0.5) is 5.69 Å². The minimum Gasteiger partial charge on any atom is -0.463 e. The van der Waals surface area contributed by atoms with Gasteiger partial charge in [0.15, 0.2) is 0 Å². The van der Waals surface area contributed by atoms with Crippen LogP contribution in [0.25, 0.3) is 0 Å². The number of rotatable bonds is 5. The van der Waals surface area contributed by atoms with Crippen molar-refractivity contribution in [1.82, 2.24) is 5.43 Å². The van der Waals surface area contributed by atoms with Gasteiger partial charge in [-0.15, -0.1) is 0 Å². The van der Waals surface area contributed by atoms with E-state index in [0.717, 1.165) is 5.56 Å². The van der Waals surface area contributed by atoms with E-state index in [1.165, 1.54) is 12.5 Å². The topological polar surface area (TPSA) is 83.7 Å². The van der Waals surface area contributed by atoms with Gasteiger partial charge in [0.25, 0.3) is 11.8 Å². The Hall–Kier alpha value is -3.67. The third-order valence-corrected chi connectivity index (χ3v) is 3.70. The quantitative estimate of drug-likeness (QED) is 0.546. The minimum atomic E-state index is -0.357. The lowest BCUT2D eigenvalue weighted by molar-refractivity contribution is 0.0954. The largest absolute Gasteiger partial charge is 0.463 e. The fourth-order valence-electron chi connectivity index (χ4n) is 2.31. The zero-order chi connectivity index (χ0) is 18.4. The molecule has 2 amide bonds. The second-order valence-corrected chi connectivity index (χ2v) is 5.56. The first-order valence-electron chi connectivity index (χ1n) is 7.97. The van der Waals surface area contributed by atoms with Gasteiger partial charge in [0.05, 0.1) is 12.5 Å². The Bertz CT molecular complexity index is 929. The van der Waals surface area contributed by atoms with Gasteiger partial charge in [-0.1, -0.05) is 18.2 Å². The third kappa shape index (κ3) is 4.24. The lowest BCUT2D eigenvalue weighted by Crippen LogP contribution is -2.18. The predicted molar refractivity (Wildman–Crippen MR) is 99.3 cm³/mol. The van der Waals surface area contributed by atoms with Crippen LogP contribution in [0, 0.1) is 6.92 Å². The van der Waals surface area contributed by atoms with Crippen LogP contribution in [0.3, 0.4) is 0 Å².